The number of rotatable bonds is 6. The quantitative estimate of drug-likeness (QED) is 0.753. The van der Waals surface area contributed by atoms with Crippen LogP contribution in [0.25, 0.3) is 6.08 Å². The Hall–Kier alpha value is -3.00. The monoisotopic (exact) mass is 399 g/mol. The van der Waals surface area contributed by atoms with E-state index >= 15 is 0 Å². The SMILES string of the molecule is CCOc1ccc(NC(=O)CN2C(=O)S/C(=C\c3ccc(C)n3C)C2=O)cc1. The van der Waals surface area contributed by atoms with Crippen LogP contribution in [0.5, 0.6) is 5.75 Å². The van der Waals surface area contributed by atoms with Gasteiger partial charge in [-0.3, -0.25) is 19.3 Å². The van der Waals surface area contributed by atoms with Gasteiger partial charge in [0, 0.05) is 24.1 Å². The van der Waals surface area contributed by atoms with Crippen LogP contribution in [0.1, 0.15) is 18.3 Å². The molecule has 1 aromatic heterocycles. The van der Waals surface area contributed by atoms with Gasteiger partial charge in [-0.2, -0.15) is 0 Å². The summed E-state index contributed by atoms with van der Waals surface area (Å²) in [4.78, 5) is 38.3. The number of carbonyl (C=O) groups is 3. The van der Waals surface area contributed by atoms with Gasteiger partial charge < -0.3 is 14.6 Å². The van der Waals surface area contributed by atoms with Crippen LogP contribution in [-0.2, 0) is 16.6 Å². The lowest BCUT2D eigenvalue weighted by molar-refractivity contribution is -0.127. The van der Waals surface area contributed by atoms with Crippen LogP contribution < -0.4 is 10.1 Å². The summed E-state index contributed by atoms with van der Waals surface area (Å²) in [5.41, 5.74) is 2.43. The number of amides is 3. The molecule has 3 amide bonds. The molecule has 1 aromatic carbocycles. The second-order valence-corrected chi connectivity index (χ2v) is 7.23. The minimum Gasteiger partial charge on any atom is -0.494 e. The van der Waals surface area contributed by atoms with E-state index in [4.69, 9.17) is 4.74 Å². The highest BCUT2D eigenvalue weighted by molar-refractivity contribution is 8.18. The van der Waals surface area contributed by atoms with Gasteiger partial charge in [0.15, 0.2) is 0 Å². The lowest BCUT2D eigenvalue weighted by Crippen LogP contribution is -2.36. The Morgan fingerprint density at radius 2 is 1.89 bits per heavy atom. The van der Waals surface area contributed by atoms with Crippen molar-refractivity contribution in [2.75, 3.05) is 18.5 Å². The van der Waals surface area contributed by atoms with Crippen LogP contribution in [0.4, 0.5) is 10.5 Å². The van der Waals surface area contributed by atoms with Crippen LogP contribution in [0.15, 0.2) is 41.3 Å². The first-order valence-corrected chi connectivity index (χ1v) is 9.61. The van der Waals surface area contributed by atoms with E-state index in [2.05, 4.69) is 5.32 Å². The molecule has 28 heavy (non-hydrogen) atoms. The molecule has 0 unspecified atom stereocenters. The molecule has 1 saturated heterocycles. The van der Waals surface area contributed by atoms with Crippen LogP contribution in [0.3, 0.4) is 0 Å². The molecule has 1 aliphatic heterocycles. The Labute approximate surface area is 167 Å². The van der Waals surface area contributed by atoms with Gasteiger partial charge in [-0.1, -0.05) is 0 Å². The molecule has 1 N–H and O–H groups in total. The predicted octanol–water partition coefficient (Wildman–Crippen LogP) is 3.41. The highest BCUT2D eigenvalue weighted by atomic mass is 32.2. The average Bonchev–Trinajstić information content (AvgIpc) is 3.11. The summed E-state index contributed by atoms with van der Waals surface area (Å²) in [6.45, 7) is 4.07. The molecule has 0 spiro atoms. The van der Waals surface area contributed by atoms with Crippen molar-refractivity contribution < 1.29 is 19.1 Å². The van der Waals surface area contributed by atoms with Gasteiger partial charge in [0.05, 0.1) is 11.5 Å². The first-order valence-electron chi connectivity index (χ1n) is 8.79. The van der Waals surface area contributed by atoms with E-state index in [-0.39, 0.29) is 6.54 Å². The fraction of sp³-hybridized carbons (Fsp3) is 0.250. The Balaban J connectivity index is 1.65. The predicted molar refractivity (Wildman–Crippen MR) is 109 cm³/mol. The highest BCUT2D eigenvalue weighted by Crippen LogP contribution is 2.32. The van der Waals surface area contributed by atoms with Crippen molar-refractivity contribution in [2.24, 2.45) is 7.05 Å². The summed E-state index contributed by atoms with van der Waals surface area (Å²) in [7, 11) is 1.88. The van der Waals surface area contributed by atoms with Crippen LogP contribution in [0, 0.1) is 6.92 Å². The molecule has 7 nitrogen and oxygen atoms in total. The zero-order valence-electron chi connectivity index (χ0n) is 15.9. The Bertz CT molecular complexity index is 947. The number of aryl methyl sites for hydroxylation is 1. The molecule has 3 rings (SSSR count). The Morgan fingerprint density at radius 1 is 1.18 bits per heavy atom. The maximum Gasteiger partial charge on any atom is 0.294 e. The van der Waals surface area contributed by atoms with Gasteiger partial charge in [-0.15, -0.1) is 0 Å². The number of aromatic nitrogens is 1. The molecule has 0 atom stereocenters. The maximum absolute atomic E-state index is 12.6. The lowest BCUT2D eigenvalue weighted by atomic mass is 10.3. The topological polar surface area (TPSA) is 80.6 Å². The number of anilines is 1. The number of nitrogens with one attached hydrogen (secondary N) is 1. The van der Waals surface area contributed by atoms with Gasteiger partial charge in [0.2, 0.25) is 5.91 Å². The Morgan fingerprint density at radius 3 is 2.50 bits per heavy atom. The van der Waals surface area contributed by atoms with E-state index < -0.39 is 17.1 Å². The second kappa shape index (κ2) is 8.35. The molecule has 1 fully saturated rings. The van der Waals surface area contributed by atoms with Crippen molar-refractivity contribution in [1.82, 2.24) is 9.47 Å². The third-order valence-corrected chi connectivity index (χ3v) is 5.22. The van der Waals surface area contributed by atoms with Crippen molar-refractivity contribution in [3.8, 4) is 5.75 Å². The van der Waals surface area contributed by atoms with E-state index in [1.54, 1.807) is 30.3 Å². The van der Waals surface area contributed by atoms with Gasteiger partial charge in [-0.25, -0.2) is 0 Å². The maximum atomic E-state index is 12.6. The summed E-state index contributed by atoms with van der Waals surface area (Å²) in [5, 5.41) is 2.23. The minimum atomic E-state index is -0.462. The van der Waals surface area contributed by atoms with Crippen molar-refractivity contribution >= 4 is 40.6 Å². The number of carbonyl (C=O) groups excluding carboxylic acids is 3. The summed E-state index contributed by atoms with van der Waals surface area (Å²) < 4.78 is 7.27. The van der Waals surface area contributed by atoms with Crippen LogP contribution in [-0.4, -0.2) is 39.7 Å². The molecule has 0 saturated carbocycles. The zero-order chi connectivity index (χ0) is 20.3. The van der Waals surface area contributed by atoms with Crippen molar-refractivity contribution in [2.45, 2.75) is 13.8 Å². The molecular formula is C20H21N3O4S. The second-order valence-electron chi connectivity index (χ2n) is 6.23. The molecular weight excluding hydrogens is 378 g/mol. The van der Waals surface area contributed by atoms with Gasteiger partial charge in [0.1, 0.15) is 12.3 Å². The van der Waals surface area contributed by atoms with Crippen LogP contribution in [0.2, 0.25) is 0 Å². The molecule has 0 aliphatic carbocycles. The van der Waals surface area contributed by atoms with Crippen LogP contribution >= 0.6 is 11.8 Å². The number of hydrogen-bond donors (Lipinski definition) is 1. The molecule has 1 aliphatic rings. The van der Waals surface area contributed by atoms with E-state index in [0.29, 0.717) is 22.9 Å². The van der Waals surface area contributed by atoms with E-state index in [1.165, 1.54) is 0 Å². The minimum absolute atomic E-state index is 0.306. The standard InChI is InChI=1S/C20H21N3O4S/c1-4-27-16-9-6-14(7-10-16)21-18(24)12-23-19(25)17(28-20(23)26)11-15-8-5-13(2)22(15)3/h5-11H,4,12H2,1-3H3,(H,21,24)/b17-11-. The number of imide groups is 1. The summed E-state index contributed by atoms with van der Waals surface area (Å²) in [5.74, 6) is -0.203. The number of nitrogens with zero attached hydrogens (tertiary/aromatic N) is 2. The lowest BCUT2D eigenvalue weighted by Gasteiger charge is -2.12. The van der Waals surface area contributed by atoms with Crippen molar-refractivity contribution in [1.29, 1.82) is 0 Å². The molecule has 0 bridgehead atoms. The smallest absolute Gasteiger partial charge is 0.294 e. The first-order chi connectivity index (χ1) is 13.4. The summed E-state index contributed by atoms with van der Waals surface area (Å²) in [6, 6.07) is 10.7. The third-order valence-electron chi connectivity index (χ3n) is 4.32. The molecule has 2 heterocycles. The van der Waals surface area contributed by atoms with Gasteiger partial charge in [0.25, 0.3) is 11.1 Å². The Kier molecular flexibility index (Phi) is 5.89. The average molecular weight is 399 g/mol. The fourth-order valence-electron chi connectivity index (χ4n) is 2.69. The fourth-order valence-corrected chi connectivity index (χ4v) is 3.52. The summed E-state index contributed by atoms with van der Waals surface area (Å²) >= 11 is 0.839. The summed E-state index contributed by atoms with van der Waals surface area (Å²) in [6.07, 6.45) is 1.67. The third kappa shape index (κ3) is 4.28. The number of hydrogen-bond acceptors (Lipinski definition) is 5. The van der Waals surface area contributed by atoms with E-state index in [0.717, 1.165) is 28.0 Å². The van der Waals surface area contributed by atoms with Crippen molar-refractivity contribution in [3.63, 3.8) is 0 Å². The first kappa shape index (κ1) is 19.8. The molecule has 0 radical (unpaired) electrons. The molecule has 146 valence electrons. The van der Waals surface area contributed by atoms with E-state index in [1.807, 2.05) is 37.6 Å². The largest absolute Gasteiger partial charge is 0.494 e. The van der Waals surface area contributed by atoms with Crippen molar-refractivity contribution in [3.05, 3.63) is 52.7 Å². The molecule has 8 heteroatoms. The van der Waals surface area contributed by atoms with Gasteiger partial charge in [-0.05, 0) is 68.1 Å². The number of thioether (sulfide) groups is 1. The van der Waals surface area contributed by atoms with E-state index in [9.17, 15) is 14.4 Å². The number of benzene rings is 1. The normalized spacial score (nSPS) is 15.4. The molecule has 2 aromatic rings. The zero-order valence-corrected chi connectivity index (χ0v) is 16.7. The van der Waals surface area contributed by atoms with Gasteiger partial charge >= 0.3 is 0 Å². The highest BCUT2D eigenvalue weighted by Gasteiger charge is 2.36. The number of ether oxygens (including phenoxy) is 1.